The lowest BCUT2D eigenvalue weighted by Gasteiger charge is -1.68. The van der Waals surface area contributed by atoms with Crippen molar-refractivity contribution in [2.24, 2.45) is 0 Å². The minimum Gasteiger partial charge on any atom is -0.234 e. The fourth-order valence-electron chi connectivity index (χ4n) is 0.225. The average molecular weight is 80.1 g/mol. The van der Waals surface area contributed by atoms with Gasteiger partial charge in [0, 0.05) is 12.4 Å². The van der Waals surface area contributed by atoms with E-state index in [0.717, 1.165) is 0 Å². The van der Waals surface area contributed by atoms with Crippen LogP contribution in [0.1, 0.15) is 1.43 Å². The fourth-order valence-corrected chi connectivity index (χ4v) is 0.225. The van der Waals surface area contributed by atoms with Gasteiger partial charge in [-0.1, -0.05) is 0 Å². The van der Waals surface area contributed by atoms with E-state index in [2.05, 4.69) is 16.3 Å². The monoisotopic (exact) mass is 80.0 g/mol. The van der Waals surface area contributed by atoms with Crippen molar-refractivity contribution in [3.05, 3.63) is 24.8 Å². The first kappa shape index (κ1) is 3.28. The van der Waals surface area contributed by atoms with Gasteiger partial charge in [0.1, 0.15) is 0 Å². The number of rotatable bonds is 0. The Morgan fingerprint density at radius 3 is 2.17 bits per heavy atom. The zero-order chi connectivity index (χ0) is 4.24. The smallest absolute Gasteiger partial charge is 0.234 e. The van der Waals surface area contributed by atoms with Crippen molar-refractivity contribution in [2.75, 3.05) is 0 Å². The van der Waals surface area contributed by atoms with E-state index < -0.39 is 0 Å². The molecule has 29 valence electrons. The molecule has 2 heteroatoms. The summed E-state index contributed by atoms with van der Waals surface area (Å²) in [5.41, 5.74) is 0. The molecule has 0 unspecified atom stereocenters. The van der Waals surface area contributed by atoms with E-state index in [0.29, 0.717) is 0 Å². The van der Waals surface area contributed by atoms with Crippen LogP contribution in [0.15, 0.2) is 18.5 Å². The van der Waals surface area contributed by atoms with Gasteiger partial charge in [-0.15, -0.1) is 0 Å². The normalized spacial score (nSPS) is 8.00. The fraction of sp³-hybridized carbons (Fsp3) is 0. The summed E-state index contributed by atoms with van der Waals surface area (Å²) in [7, 11) is 0. The van der Waals surface area contributed by atoms with Crippen LogP contribution in [-0.4, -0.2) is 9.97 Å². The van der Waals surface area contributed by atoms with Gasteiger partial charge in [-0.05, 0) is 6.07 Å². The van der Waals surface area contributed by atoms with Crippen LogP contribution >= 0.6 is 0 Å². The maximum Gasteiger partial charge on any atom is 1.00 e. The molecule has 0 saturated carbocycles. The van der Waals surface area contributed by atoms with Crippen LogP contribution in [-0.2, 0) is 0 Å². The molecule has 1 aromatic rings. The van der Waals surface area contributed by atoms with Gasteiger partial charge in [0.15, 0.2) is 6.33 Å². The Kier molecular flexibility index (Phi) is 0.819. The SMILES string of the molecule is [H+].[c]1ncccn1. The van der Waals surface area contributed by atoms with Gasteiger partial charge < -0.3 is 0 Å². The van der Waals surface area contributed by atoms with Crippen molar-refractivity contribution in [3.8, 4) is 0 Å². The van der Waals surface area contributed by atoms with Gasteiger partial charge in [-0.3, -0.25) is 0 Å². The molecule has 1 heterocycles. The maximum absolute atomic E-state index is 3.55. The molecule has 6 heavy (non-hydrogen) atoms. The molecule has 0 aromatic carbocycles. The van der Waals surface area contributed by atoms with E-state index in [9.17, 15) is 0 Å². The van der Waals surface area contributed by atoms with Gasteiger partial charge >= 0.3 is 1.43 Å². The van der Waals surface area contributed by atoms with Crippen molar-refractivity contribution in [1.82, 2.24) is 9.97 Å². The highest BCUT2D eigenvalue weighted by Crippen LogP contribution is 1.65. The average Bonchev–Trinajstić information content (AvgIpc) is 1.72. The van der Waals surface area contributed by atoms with Crippen LogP contribution in [0.3, 0.4) is 0 Å². The number of hydrogen-bond acceptors (Lipinski definition) is 2. The summed E-state index contributed by atoms with van der Waals surface area (Å²) in [5.74, 6) is 0. The second-order valence-electron chi connectivity index (χ2n) is 0.849. The summed E-state index contributed by atoms with van der Waals surface area (Å²) in [6, 6.07) is 1.75. The topological polar surface area (TPSA) is 25.8 Å². The zero-order valence-corrected chi connectivity index (χ0v) is 3.13. The first-order valence-corrected chi connectivity index (χ1v) is 1.63. The molecule has 0 bridgehead atoms. The highest BCUT2D eigenvalue weighted by atomic mass is 14.8. The van der Waals surface area contributed by atoms with Crippen LogP contribution < -0.4 is 0 Å². The molecule has 1 rings (SSSR count). The zero-order valence-electron chi connectivity index (χ0n) is 4.13. The van der Waals surface area contributed by atoms with Gasteiger partial charge in [-0.2, -0.15) is 0 Å². The Balaban J connectivity index is 0.000000360. The summed E-state index contributed by atoms with van der Waals surface area (Å²) in [6.07, 6.45) is 5.66. The number of nitrogens with zero attached hydrogens (tertiary/aromatic N) is 2. The van der Waals surface area contributed by atoms with E-state index in [1.54, 1.807) is 18.5 Å². The van der Waals surface area contributed by atoms with Crippen LogP contribution in [0.5, 0.6) is 0 Å². The molecule has 0 spiro atoms. The lowest BCUT2D eigenvalue weighted by atomic mass is 10.7. The number of aromatic nitrogens is 2. The van der Waals surface area contributed by atoms with Crippen LogP contribution in [0.2, 0.25) is 0 Å². The molecule has 2 nitrogen and oxygen atoms in total. The quantitative estimate of drug-likeness (QED) is 0.450. The largest absolute Gasteiger partial charge is 1.00 e. The van der Waals surface area contributed by atoms with E-state index >= 15 is 0 Å². The molecule has 0 N–H and O–H groups in total. The Labute approximate surface area is 37.4 Å². The van der Waals surface area contributed by atoms with Gasteiger partial charge in [0.25, 0.3) is 0 Å². The molecule has 0 amide bonds. The molecular weight excluding hydrogens is 76.1 g/mol. The van der Waals surface area contributed by atoms with Crippen molar-refractivity contribution in [1.29, 1.82) is 0 Å². The molecule has 0 atom stereocenters. The van der Waals surface area contributed by atoms with Crippen molar-refractivity contribution in [2.45, 2.75) is 0 Å². The predicted octanol–water partition coefficient (Wildman–Crippen LogP) is 0.389. The molecule has 0 fully saturated rings. The summed E-state index contributed by atoms with van der Waals surface area (Å²) in [5, 5.41) is 0. The summed E-state index contributed by atoms with van der Waals surface area (Å²) in [6.45, 7) is 0. The van der Waals surface area contributed by atoms with Gasteiger partial charge in [-0.25, -0.2) is 9.97 Å². The lowest BCUT2D eigenvalue weighted by Crippen LogP contribution is -1.68. The molecule has 0 aliphatic carbocycles. The van der Waals surface area contributed by atoms with E-state index in [4.69, 9.17) is 0 Å². The summed E-state index contributed by atoms with van der Waals surface area (Å²) in [4.78, 5) is 7.10. The third kappa shape index (κ3) is 0.516. The highest BCUT2D eigenvalue weighted by Gasteiger charge is 1.61. The van der Waals surface area contributed by atoms with Crippen LogP contribution in [0.25, 0.3) is 0 Å². The standard InChI is InChI=1S/C4H3N2/c1-2-5-4-6-3-1/h1-3H/p+1. The minimum absolute atomic E-state index is 0. The Morgan fingerprint density at radius 2 is 2.00 bits per heavy atom. The third-order valence-electron chi connectivity index (χ3n) is 0.437. The van der Waals surface area contributed by atoms with Crippen molar-refractivity contribution in [3.63, 3.8) is 0 Å². The van der Waals surface area contributed by atoms with Crippen LogP contribution in [0, 0.1) is 6.33 Å². The van der Waals surface area contributed by atoms with Crippen molar-refractivity contribution >= 4 is 0 Å². The second-order valence-corrected chi connectivity index (χ2v) is 0.849. The highest BCUT2D eigenvalue weighted by molar-refractivity contribution is 4.73. The molecule has 0 aliphatic heterocycles. The Bertz CT molecular complexity index is 81.6. The van der Waals surface area contributed by atoms with E-state index in [-0.39, 0.29) is 1.43 Å². The van der Waals surface area contributed by atoms with Crippen molar-refractivity contribution < 1.29 is 1.43 Å². The molecule has 0 saturated heterocycles. The first-order chi connectivity index (χ1) is 3.00. The van der Waals surface area contributed by atoms with E-state index in [1.165, 1.54) is 0 Å². The maximum atomic E-state index is 3.55. The first-order valence-electron chi connectivity index (χ1n) is 1.63. The summed E-state index contributed by atoms with van der Waals surface area (Å²) >= 11 is 0. The molecular formula is C4H4N2+. The predicted molar refractivity (Wildman–Crippen MR) is 22.0 cm³/mol. The summed E-state index contributed by atoms with van der Waals surface area (Å²) < 4.78 is 0. The minimum atomic E-state index is 0. The van der Waals surface area contributed by atoms with E-state index in [1.807, 2.05) is 0 Å². The third-order valence-corrected chi connectivity index (χ3v) is 0.437. The lowest BCUT2D eigenvalue weighted by molar-refractivity contribution is 1.15. The Morgan fingerprint density at radius 1 is 1.33 bits per heavy atom. The Hall–Kier alpha value is -0.920. The second kappa shape index (κ2) is 1.50. The molecule has 1 radical (unpaired) electrons. The number of hydrogen-bond donors (Lipinski definition) is 0. The molecule has 1 aromatic heterocycles. The van der Waals surface area contributed by atoms with Gasteiger partial charge in [0.2, 0.25) is 0 Å². The van der Waals surface area contributed by atoms with Gasteiger partial charge in [0.05, 0.1) is 0 Å². The van der Waals surface area contributed by atoms with Crippen LogP contribution in [0.4, 0.5) is 0 Å². The molecule has 0 aliphatic rings.